The molecule has 0 aromatic rings. The van der Waals surface area contributed by atoms with Crippen LogP contribution in [0.4, 0.5) is 4.79 Å². The summed E-state index contributed by atoms with van der Waals surface area (Å²) in [4.78, 5) is 22.1. The lowest BCUT2D eigenvalue weighted by molar-refractivity contribution is -0.148. The molecule has 0 aromatic heterocycles. The van der Waals surface area contributed by atoms with Crippen molar-refractivity contribution in [3.63, 3.8) is 0 Å². The molecule has 0 aromatic carbocycles. The fourth-order valence-corrected chi connectivity index (χ4v) is 3.04. The number of rotatable bonds is 4. The van der Waals surface area contributed by atoms with Gasteiger partial charge in [-0.05, 0) is 12.8 Å². The lowest BCUT2D eigenvalue weighted by Crippen LogP contribution is -2.44. The van der Waals surface area contributed by atoms with Gasteiger partial charge < -0.3 is 9.84 Å². The number of hydrogen-bond acceptors (Lipinski definition) is 5. The molecule has 1 heterocycles. The maximum atomic E-state index is 11.7. The second-order valence-electron chi connectivity index (χ2n) is 4.12. The summed E-state index contributed by atoms with van der Waals surface area (Å²) in [6, 6.07) is 0. The molecule has 18 heavy (non-hydrogen) atoms. The Morgan fingerprint density at radius 1 is 1.50 bits per heavy atom. The van der Waals surface area contributed by atoms with Gasteiger partial charge >= 0.3 is 22.3 Å². The van der Waals surface area contributed by atoms with Gasteiger partial charge in [-0.3, -0.25) is 4.79 Å². The van der Waals surface area contributed by atoms with Crippen molar-refractivity contribution < 1.29 is 27.9 Å². The highest BCUT2D eigenvalue weighted by Gasteiger charge is 2.47. The first-order chi connectivity index (χ1) is 8.27. The summed E-state index contributed by atoms with van der Waals surface area (Å²) in [6.07, 6.45) is -0.549. The van der Waals surface area contributed by atoms with Gasteiger partial charge in [-0.1, -0.05) is 6.92 Å². The van der Waals surface area contributed by atoms with Gasteiger partial charge in [-0.2, -0.15) is 12.7 Å². The standard InChI is InChI=1S/C9H16N2O6S/c1-3-9(7(12)13)4-5-11(6-9)18(15,16)10-8(14)17-2/h3-6H2,1-2H3,(H,10,14)(H,12,13). The third kappa shape index (κ3) is 2.72. The molecule has 1 unspecified atom stereocenters. The van der Waals surface area contributed by atoms with E-state index < -0.39 is 27.7 Å². The Kier molecular flexibility index (Phi) is 4.17. The largest absolute Gasteiger partial charge is 0.481 e. The van der Waals surface area contributed by atoms with E-state index in [2.05, 4.69) is 4.74 Å². The molecule has 1 aliphatic rings. The fourth-order valence-electron chi connectivity index (χ4n) is 1.87. The van der Waals surface area contributed by atoms with Gasteiger partial charge in [0, 0.05) is 13.1 Å². The second kappa shape index (κ2) is 5.11. The first-order valence-corrected chi connectivity index (χ1v) is 6.80. The normalized spacial score (nSPS) is 24.8. The van der Waals surface area contributed by atoms with Crippen LogP contribution in [0.2, 0.25) is 0 Å². The van der Waals surface area contributed by atoms with E-state index in [1.165, 1.54) is 0 Å². The zero-order valence-electron chi connectivity index (χ0n) is 10.2. The first-order valence-electron chi connectivity index (χ1n) is 5.36. The third-order valence-corrected chi connectivity index (χ3v) is 4.60. The van der Waals surface area contributed by atoms with Gasteiger partial charge in [0.25, 0.3) is 0 Å². The zero-order valence-corrected chi connectivity index (χ0v) is 11.0. The molecular weight excluding hydrogens is 264 g/mol. The molecular formula is C9H16N2O6S. The van der Waals surface area contributed by atoms with E-state index in [1.807, 2.05) is 0 Å². The molecule has 2 N–H and O–H groups in total. The third-order valence-electron chi connectivity index (χ3n) is 3.19. The van der Waals surface area contributed by atoms with Gasteiger partial charge in [-0.15, -0.1) is 0 Å². The number of carbonyl (C=O) groups is 2. The molecule has 1 amide bonds. The van der Waals surface area contributed by atoms with Crippen LogP contribution in [-0.4, -0.2) is 50.1 Å². The van der Waals surface area contributed by atoms with Crippen molar-refractivity contribution in [2.45, 2.75) is 19.8 Å². The topological polar surface area (TPSA) is 113 Å². The van der Waals surface area contributed by atoms with Crippen LogP contribution < -0.4 is 4.72 Å². The van der Waals surface area contributed by atoms with Crippen molar-refractivity contribution in [3.8, 4) is 0 Å². The highest BCUT2D eigenvalue weighted by atomic mass is 32.2. The molecule has 0 saturated carbocycles. The number of carbonyl (C=O) groups excluding carboxylic acids is 1. The molecule has 1 rings (SSSR count). The number of amides is 1. The predicted molar refractivity (Wildman–Crippen MR) is 61.0 cm³/mol. The maximum absolute atomic E-state index is 11.7. The average Bonchev–Trinajstić information content (AvgIpc) is 2.74. The zero-order chi connectivity index (χ0) is 14.0. The first kappa shape index (κ1) is 14.7. The van der Waals surface area contributed by atoms with Crippen molar-refractivity contribution >= 4 is 22.3 Å². The molecule has 0 spiro atoms. The molecule has 0 bridgehead atoms. The highest BCUT2D eigenvalue weighted by Crippen LogP contribution is 2.35. The van der Waals surface area contributed by atoms with Crippen LogP contribution in [0.5, 0.6) is 0 Å². The summed E-state index contributed by atoms with van der Waals surface area (Å²) < 4.78 is 30.3. The van der Waals surface area contributed by atoms with E-state index in [1.54, 1.807) is 11.6 Å². The van der Waals surface area contributed by atoms with E-state index in [0.717, 1.165) is 11.4 Å². The molecule has 1 fully saturated rings. The number of aliphatic carboxylic acids is 1. The minimum Gasteiger partial charge on any atom is -0.481 e. The van der Waals surface area contributed by atoms with Gasteiger partial charge in [0.15, 0.2) is 0 Å². The number of nitrogens with one attached hydrogen (secondary N) is 1. The Bertz CT molecular complexity index is 448. The monoisotopic (exact) mass is 280 g/mol. The molecule has 1 saturated heterocycles. The summed E-state index contributed by atoms with van der Waals surface area (Å²) in [5, 5.41) is 9.14. The minimum atomic E-state index is -4.04. The highest BCUT2D eigenvalue weighted by molar-refractivity contribution is 7.87. The molecule has 1 aliphatic heterocycles. The Labute approximate surface area is 105 Å². The van der Waals surface area contributed by atoms with Crippen LogP contribution in [0.1, 0.15) is 19.8 Å². The van der Waals surface area contributed by atoms with Gasteiger partial charge in [0.05, 0.1) is 12.5 Å². The summed E-state index contributed by atoms with van der Waals surface area (Å²) in [5.41, 5.74) is -1.08. The van der Waals surface area contributed by atoms with E-state index in [4.69, 9.17) is 5.11 Å². The van der Waals surface area contributed by atoms with Crippen molar-refractivity contribution in [2.24, 2.45) is 5.41 Å². The molecule has 1 atom stereocenters. The number of carboxylic acid groups (broad SMARTS) is 1. The number of carboxylic acids is 1. The summed E-state index contributed by atoms with van der Waals surface area (Å²) in [6.45, 7) is 1.61. The number of methoxy groups -OCH3 is 1. The van der Waals surface area contributed by atoms with Crippen LogP contribution in [0.3, 0.4) is 0 Å². The fraction of sp³-hybridized carbons (Fsp3) is 0.778. The summed E-state index contributed by atoms with van der Waals surface area (Å²) in [5.74, 6) is -1.03. The van der Waals surface area contributed by atoms with E-state index in [9.17, 15) is 18.0 Å². The Hall–Kier alpha value is -1.35. The van der Waals surface area contributed by atoms with E-state index in [-0.39, 0.29) is 19.5 Å². The Morgan fingerprint density at radius 3 is 2.50 bits per heavy atom. The average molecular weight is 280 g/mol. The van der Waals surface area contributed by atoms with Crippen LogP contribution in [0.25, 0.3) is 0 Å². The van der Waals surface area contributed by atoms with Crippen LogP contribution >= 0.6 is 0 Å². The van der Waals surface area contributed by atoms with Crippen LogP contribution in [-0.2, 0) is 19.7 Å². The van der Waals surface area contributed by atoms with Crippen molar-refractivity contribution in [1.29, 1.82) is 0 Å². The summed E-state index contributed by atoms with van der Waals surface area (Å²) in [7, 11) is -3.00. The maximum Gasteiger partial charge on any atom is 0.421 e. The lowest BCUT2D eigenvalue weighted by Gasteiger charge is -2.22. The molecule has 9 heteroatoms. The summed E-state index contributed by atoms with van der Waals surface area (Å²) >= 11 is 0. The van der Waals surface area contributed by atoms with Crippen LogP contribution in [0, 0.1) is 5.41 Å². The van der Waals surface area contributed by atoms with Crippen molar-refractivity contribution in [1.82, 2.24) is 9.03 Å². The quantitative estimate of drug-likeness (QED) is 0.735. The van der Waals surface area contributed by atoms with Gasteiger partial charge in [0.2, 0.25) is 0 Å². The Morgan fingerprint density at radius 2 is 2.11 bits per heavy atom. The van der Waals surface area contributed by atoms with Crippen LogP contribution in [0.15, 0.2) is 0 Å². The van der Waals surface area contributed by atoms with E-state index >= 15 is 0 Å². The Balaban J connectivity index is 2.83. The molecule has 0 aliphatic carbocycles. The molecule has 8 nitrogen and oxygen atoms in total. The number of hydrogen-bond donors (Lipinski definition) is 2. The number of ether oxygens (including phenoxy) is 1. The molecule has 0 radical (unpaired) electrons. The van der Waals surface area contributed by atoms with Crippen molar-refractivity contribution in [2.75, 3.05) is 20.2 Å². The predicted octanol–water partition coefficient (Wildman–Crippen LogP) is -0.226. The van der Waals surface area contributed by atoms with E-state index in [0.29, 0.717) is 6.42 Å². The molecule has 104 valence electrons. The smallest absolute Gasteiger partial charge is 0.421 e. The lowest BCUT2D eigenvalue weighted by atomic mass is 9.85. The van der Waals surface area contributed by atoms with Crippen molar-refractivity contribution in [3.05, 3.63) is 0 Å². The van der Waals surface area contributed by atoms with Gasteiger partial charge in [-0.25, -0.2) is 9.52 Å². The van der Waals surface area contributed by atoms with Gasteiger partial charge in [0.1, 0.15) is 0 Å². The number of nitrogens with zero attached hydrogens (tertiary/aromatic N) is 1. The SMILES string of the molecule is CCC1(C(=O)O)CCN(S(=O)(=O)NC(=O)OC)C1. The minimum absolute atomic E-state index is 0.0620. The second-order valence-corrected chi connectivity index (χ2v) is 5.79.